The summed E-state index contributed by atoms with van der Waals surface area (Å²) >= 11 is 3.76. The Morgan fingerprint density at radius 1 is 1.08 bits per heavy atom. The van der Waals surface area contributed by atoms with Crippen LogP contribution in [0.2, 0.25) is 0 Å². The van der Waals surface area contributed by atoms with E-state index in [-0.39, 0.29) is 6.04 Å². The van der Waals surface area contributed by atoms with E-state index in [0.717, 1.165) is 22.4 Å². The lowest BCUT2D eigenvalue weighted by Crippen LogP contribution is -2.30. The summed E-state index contributed by atoms with van der Waals surface area (Å²) in [6, 6.07) is 8.98. The van der Waals surface area contributed by atoms with Crippen molar-refractivity contribution in [3.63, 3.8) is 0 Å². The fourth-order valence-corrected chi connectivity index (χ4v) is 5.19. The summed E-state index contributed by atoms with van der Waals surface area (Å²) in [5, 5.41) is 3.83. The summed E-state index contributed by atoms with van der Waals surface area (Å²) < 4.78 is 12.2. The summed E-state index contributed by atoms with van der Waals surface area (Å²) in [5.41, 5.74) is 6.64. The molecule has 3 nitrogen and oxygen atoms in total. The fourth-order valence-electron chi connectivity index (χ4n) is 4.62. The highest BCUT2D eigenvalue weighted by atomic mass is 79.9. The average Bonchev–Trinajstić information content (AvgIpc) is 3.21. The zero-order chi connectivity index (χ0) is 17.1. The van der Waals surface area contributed by atoms with Crippen LogP contribution < -0.4 is 14.8 Å². The smallest absolute Gasteiger partial charge is 0.231 e. The van der Waals surface area contributed by atoms with Crippen LogP contribution >= 0.6 is 15.9 Å². The van der Waals surface area contributed by atoms with Gasteiger partial charge in [0.2, 0.25) is 6.79 Å². The van der Waals surface area contributed by atoms with Crippen LogP contribution in [0.4, 0.5) is 5.69 Å². The molecule has 5 rings (SSSR count). The third kappa shape index (κ3) is 2.30. The van der Waals surface area contributed by atoms with E-state index in [2.05, 4.69) is 65.4 Å². The number of anilines is 1. The number of aryl methyl sites for hydroxylation is 2. The predicted octanol–water partition coefficient (Wildman–Crippen LogP) is 5.62. The van der Waals surface area contributed by atoms with Gasteiger partial charge in [0.15, 0.2) is 11.5 Å². The number of rotatable bonds is 1. The van der Waals surface area contributed by atoms with Gasteiger partial charge in [-0.1, -0.05) is 34.1 Å². The van der Waals surface area contributed by atoms with Crippen molar-refractivity contribution in [2.24, 2.45) is 5.92 Å². The maximum Gasteiger partial charge on any atom is 0.231 e. The van der Waals surface area contributed by atoms with Gasteiger partial charge in [-0.05, 0) is 66.6 Å². The molecule has 0 bridgehead atoms. The van der Waals surface area contributed by atoms with Gasteiger partial charge < -0.3 is 14.8 Å². The lowest BCUT2D eigenvalue weighted by molar-refractivity contribution is 0.174. The van der Waals surface area contributed by atoms with Crippen LogP contribution in [0.5, 0.6) is 11.5 Å². The maximum absolute atomic E-state index is 5.62. The molecular formula is C21H20BrNO2. The van der Waals surface area contributed by atoms with E-state index in [1.165, 1.54) is 27.9 Å². The Hall–Kier alpha value is -1.94. The molecule has 3 atom stereocenters. The molecule has 0 aromatic heterocycles. The Morgan fingerprint density at radius 2 is 1.88 bits per heavy atom. The summed E-state index contributed by atoms with van der Waals surface area (Å²) in [5.74, 6) is 2.65. The van der Waals surface area contributed by atoms with Crippen molar-refractivity contribution in [2.45, 2.75) is 32.2 Å². The first-order chi connectivity index (χ1) is 12.1. The quantitative estimate of drug-likeness (QED) is 0.633. The zero-order valence-corrected chi connectivity index (χ0v) is 15.9. The lowest BCUT2D eigenvalue weighted by Gasteiger charge is -2.39. The van der Waals surface area contributed by atoms with Gasteiger partial charge in [0.05, 0.1) is 6.04 Å². The van der Waals surface area contributed by atoms with Crippen LogP contribution in [0.1, 0.15) is 40.6 Å². The van der Waals surface area contributed by atoms with Crippen LogP contribution in [-0.2, 0) is 0 Å². The second-order valence-electron chi connectivity index (χ2n) is 7.25. The molecule has 1 N–H and O–H groups in total. The van der Waals surface area contributed by atoms with Gasteiger partial charge in [-0.15, -0.1) is 0 Å². The van der Waals surface area contributed by atoms with Gasteiger partial charge in [-0.3, -0.25) is 0 Å². The molecule has 2 aromatic rings. The first-order valence-electron chi connectivity index (χ1n) is 8.75. The van der Waals surface area contributed by atoms with Gasteiger partial charge in [-0.25, -0.2) is 0 Å². The fraction of sp³-hybridized carbons (Fsp3) is 0.333. The second kappa shape index (κ2) is 5.53. The molecule has 2 heterocycles. The van der Waals surface area contributed by atoms with Gasteiger partial charge in [0, 0.05) is 16.1 Å². The Kier molecular flexibility index (Phi) is 3.39. The normalized spacial score (nSPS) is 25.5. The van der Waals surface area contributed by atoms with Crippen molar-refractivity contribution in [3.05, 3.63) is 63.1 Å². The first-order valence-corrected chi connectivity index (χ1v) is 9.54. The zero-order valence-electron chi connectivity index (χ0n) is 14.3. The van der Waals surface area contributed by atoms with Crippen LogP contribution in [0, 0.1) is 19.8 Å². The van der Waals surface area contributed by atoms with E-state index in [1.807, 2.05) is 6.07 Å². The topological polar surface area (TPSA) is 30.5 Å². The molecule has 0 radical (unpaired) electrons. The molecule has 2 aromatic carbocycles. The molecule has 25 heavy (non-hydrogen) atoms. The predicted molar refractivity (Wildman–Crippen MR) is 103 cm³/mol. The van der Waals surface area contributed by atoms with Crippen LogP contribution in [0.3, 0.4) is 0 Å². The van der Waals surface area contributed by atoms with Crippen molar-refractivity contribution < 1.29 is 9.47 Å². The summed E-state index contributed by atoms with van der Waals surface area (Å²) in [4.78, 5) is 0. The van der Waals surface area contributed by atoms with Crippen molar-refractivity contribution in [1.82, 2.24) is 0 Å². The number of hydrogen-bond donors (Lipinski definition) is 1. The summed E-state index contributed by atoms with van der Waals surface area (Å²) in [6.07, 6.45) is 5.82. The third-order valence-electron chi connectivity index (χ3n) is 5.64. The minimum atomic E-state index is 0.248. The number of hydrogen-bond acceptors (Lipinski definition) is 3. The van der Waals surface area contributed by atoms with Crippen LogP contribution in [0.15, 0.2) is 40.9 Å². The SMILES string of the molecule is Cc1cc(C)c2c(c1)N[C@@H](c1cc3c(cc1Br)OCO3)[C@H]1CC=C[C@H]21. The number of benzene rings is 2. The van der Waals surface area contributed by atoms with E-state index in [4.69, 9.17) is 9.47 Å². The molecule has 0 unspecified atom stereocenters. The van der Waals surface area contributed by atoms with Gasteiger partial charge >= 0.3 is 0 Å². The summed E-state index contributed by atoms with van der Waals surface area (Å²) in [6.45, 7) is 4.70. The van der Waals surface area contributed by atoms with Gasteiger partial charge in [0.25, 0.3) is 0 Å². The summed E-state index contributed by atoms with van der Waals surface area (Å²) in [7, 11) is 0. The molecule has 4 heteroatoms. The molecule has 0 amide bonds. The van der Waals surface area contributed by atoms with Crippen molar-refractivity contribution in [2.75, 3.05) is 12.1 Å². The largest absolute Gasteiger partial charge is 0.454 e. The number of nitrogens with one attached hydrogen (secondary N) is 1. The molecule has 0 saturated heterocycles. The average molecular weight is 398 g/mol. The van der Waals surface area contributed by atoms with Crippen molar-refractivity contribution in [1.29, 1.82) is 0 Å². The van der Waals surface area contributed by atoms with Crippen LogP contribution in [-0.4, -0.2) is 6.79 Å². The first kappa shape index (κ1) is 15.3. The van der Waals surface area contributed by atoms with Crippen LogP contribution in [0.25, 0.3) is 0 Å². The van der Waals surface area contributed by atoms with E-state index in [0.29, 0.717) is 18.6 Å². The molecule has 1 aliphatic carbocycles. The Balaban J connectivity index is 1.64. The standard InChI is InChI=1S/C21H20BrNO2/c1-11-6-12(2)20-13-4-3-5-14(13)21(23-17(20)7-11)15-8-18-19(9-16(15)22)25-10-24-18/h3-4,6-9,13-14,21,23H,5,10H2,1-2H3/t13-,14-,21+/m0/s1. The molecular weight excluding hydrogens is 378 g/mol. The molecule has 3 aliphatic rings. The maximum atomic E-state index is 5.62. The van der Waals surface area contributed by atoms with Gasteiger partial charge in [0.1, 0.15) is 0 Å². The van der Waals surface area contributed by atoms with E-state index >= 15 is 0 Å². The Morgan fingerprint density at radius 3 is 2.72 bits per heavy atom. The molecule has 0 saturated carbocycles. The van der Waals surface area contributed by atoms with Crippen molar-refractivity contribution in [3.8, 4) is 11.5 Å². The Bertz CT molecular complexity index is 905. The second-order valence-corrected chi connectivity index (χ2v) is 8.10. The minimum absolute atomic E-state index is 0.248. The molecule has 128 valence electrons. The highest BCUT2D eigenvalue weighted by molar-refractivity contribution is 9.10. The van der Waals surface area contributed by atoms with E-state index in [1.54, 1.807) is 0 Å². The number of allylic oxidation sites excluding steroid dienone is 2. The molecule has 0 fully saturated rings. The number of halogens is 1. The number of fused-ring (bicyclic) bond motifs is 4. The molecule has 2 aliphatic heterocycles. The monoisotopic (exact) mass is 397 g/mol. The third-order valence-corrected chi connectivity index (χ3v) is 6.33. The van der Waals surface area contributed by atoms with E-state index in [9.17, 15) is 0 Å². The number of ether oxygens (including phenoxy) is 2. The lowest BCUT2D eigenvalue weighted by atomic mass is 9.75. The molecule has 0 spiro atoms. The highest BCUT2D eigenvalue weighted by Gasteiger charge is 2.40. The minimum Gasteiger partial charge on any atom is -0.454 e. The van der Waals surface area contributed by atoms with E-state index < -0.39 is 0 Å². The van der Waals surface area contributed by atoms with Crippen molar-refractivity contribution >= 4 is 21.6 Å². The van der Waals surface area contributed by atoms with Gasteiger partial charge in [-0.2, -0.15) is 0 Å². The Labute approximate surface area is 156 Å². The highest BCUT2D eigenvalue weighted by Crippen LogP contribution is 2.53.